The minimum absolute atomic E-state index is 0.317. The van der Waals surface area contributed by atoms with E-state index in [2.05, 4.69) is 18.9 Å². The summed E-state index contributed by atoms with van der Waals surface area (Å²) in [4.78, 5) is 2.70. The van der Waals surface area contributed by atoms with Crippen LogP contribution < -0.4 is 5.73 Å². The summed E-state index contributed by atoms with van der Waals surface area (Å²) in [5, 5.41) is 0. The fraction of sp³-hybridized carbons (Fsp3) is 1.00. The summed E-state index contributed by atoms with van der Waals surface area (Å²) in [5.74, 6) is 0.968. The van der Waals surface area contributed by atoms with Gasteiger partial charge in [0, 0.05) is 18.1 Å². The second-order valence-electron chi connectivity index (χ2n) is 7.06. The van der Waals surface area contributed by atoms with Gasteiger partial charge in [0.2, 0.25) is 0 Å². The number of likely N-dealkylation sites (N-methyl/N-ethyl adjacent to an activating group) is 1. The standard InChI is InChI=1S/C17H34N2/c1-3-7-15-8-6-12-17(14-18,13-11-15)19(2)16-9-4-5-10-16/h15-16H,3-14,18H2,1-2H3. The van der Waals surface area contributed by atoms with Crippen molar-refractivity contribution in [1.29, 1.82) is 0 Å². The monoisotopic (exact) mass is 266 g/mol. The van der Waals surface area contributed by atoms with Crippen LogP contribution in [0.4, 0.5) is 0 Å². The van der Waals surface area contributed by atoms with Gasteiger partial charge in [-0.15, -0.1) is 0 Å². The Hall–Kier alpha value is -0.0800. The lowest BCUT2D eigenvalue weighted by atomic mass is 9.86. The van der Waals surface area contributed by atoms with E-state index in [1.54, 1.807) is 0 Å². The van der Waals surface area contributed by atoms with Gasteiger partial charge in [-0.3, -0.25) is 4.90 Å². The van der Waals surface area contributed by atoms with E-state index in [9.17, 15) is 0 Å². The Balaban J connectivity index is 2.00. The molecule has 2 aliphatic carbocycles. The number of rotatable bonds is 5. The SMILES string of the molecule is CCCC1CCCC(CN)(N(C)C2CCCC2)CC1. The maximum atomic E-state index is 6.25. The molecule has 0 aromatic carbocycles. The molecule has 0 radical (unpaired) electrons. The summed E-state index contributed by atoms with van der Waals surface area (Å²) >= 11 is 0. The molecular formula is C17H34N2. The molecular weight excluding hydrogens is 232 g/mol. The molecule has 0 bridgehead atoms. The number of nitrogens with two attached hydrogens (primary N) is 1. The van der Waals surface area contributed by atoms with E-state index in [0.717, 1.165) is 18.5 Å². The fourth-order valence-electron chi connectivity index (χ4n) is 4.54. The Kier molecular flexibility index (Phi) is 5.70. The molecule has 19 heavy (non-hydrogen) atoms. The summed E-state index contributed by atoms with van der Waals surface area (Å²) in [6.07, 6.45) is 15.3. The molecule has 2 aliphatic rings. The summed E-state index contributed by atoms with van der Waals surface area (Å²) < 4.78 is 0. The third-order valence-electron chi connectivity index (χ3n) is 5.97. The van der Waals surface area contributed by atoms with Crippen molar-refractivity contribution in [2.45, 2.75) is 89.1 Å². The first-order valence-electron chi connectivity index (χ1n) is 8.65. The Morgan fingerprint density at radius 3 is 2.42 bits per heavy atom. The smallest absolute Gasteiger partial charge is 0.0331 e. The van der Waals surface area contributed by atoms with Crippen LogP contribution in [0.15, 0.2) is 0 Å². The zero-order valence-electron chi connectivity index (χ0n) is 13.2. The molecule has 0 saturated heterocycles. The third-order valence-corrected chi connectivity index (χ3v) is 5.97. The van der Waals surface area contributed by atoms with E-state index >= 15 is 0 Å². The van der Waals surface area contributed by atoms with Gasteiger partial charge >= 0.3 is 0 Å². The molecule has 0 amide bonds. The minimum Gasteiger partial charge on any atom is -0.329 e. The van der Waals surface area contributed by atoms with Crippen LogP contribution in [-0.2, 0) is 0 Å². The Morgan fingerprint density at radius 1 is 1.05 bits per heavy atom. The molecule has 0 aromatic rings. The highest BCUT2D eigenvalue weighted by molar-refractivity contribution is 4.96. The third kappa shape index (κ3) is 3.52. The van der Waals surface area contributed by atoms with E-state index in [4.69, 9.17) is 5.73 Å². The van der Waals surface area contributed by atoms with Gasteiger partial charge in [0.15, 0.2) is 0 Å². The summed E-state index contributed by atoms with van der Waals surface area (Å²) in [7, 11) is 2.36. The second-order valence-corrected chi connectivity index (χ2v) is 7.06. The van der Waals surface area contributed by atoms with Crippen LogP contribution in [0, 0.1) is 5.92 Å². The van der Waals surface area contributed by atoms with Crippen molar-refractivity contribution in [2.75, 3.05) is 13.6 Å². The molecule has 0 aliphatic heterocycles. The molecule has 2 heteroatoms. The van der Waals surface area contributed by atoms with Crippen LogP contribution in [0.1, 0.15) is 77.6 Å². The molecule has 2 nitrogen and oxygen atoms in total. The van der Waals surface area contributed by atoms with Gasteiger partial charge in [-0.2, -0.15) is 0 Å². The van der Waals surface area contributed by atoms with Gasteiger partial charge in [-0.1, -0.05) is 45.4 Å². The Morgan fingerprint density at radius 2 is 1.79 bits per heavy atom. The molecule has 2 saturated carbocycles. The van der Waals surface area contributed by atoms with Crippen LogP contribution in [-0.4, -0.2) is 30.1 Å². The molecule has 2 rings (SSSR count). The highest BCUT2D eigenvalue weighted by Crippen LogP contribution is 2.38. The van der Waals surface area contributed by atoms with Crippen molar-refractivity contribution < 1.29 is 0 Å². The molecule has 2 N–H and O–H groups in total. The number of hydrogen-bond donors (Lipinski definition) is 1. The first kappa shape index (κ1) is 15.3. The maximum Gasteiger partial charge on any atom is 0.0331 e. The van der Waals surface area contributed by atoms with Crippen molar-refractivity contribution in [3.63, 3.8) is 0 Å². The van der Waals surface area contributed by atoms with Gasteiger partial charge in [-0.25, -0.2) is 0 Å². The highest BCUT2D eigenvalue weighted by atomic mass is 15.2. The normalized spacial score (nSPS) is 33.8. The molecule has 0 aromatic heterocycles. The van der Waals surface area contributed by atoms with Gasteiger partial charge in [0.1, 0.15) is 0 Å². The van der Waals surface area contributed by atoms with Gasteiger partial charge in [-0.05, 0) is 45.1 Å². The van der Waals surface area contributed by atoms with Crippen LogP contribution >= 0.6 is 0 Å². The first-order chi connectivity index (χ1) is 9.22. The second kappa shape index (κ2) is 7.08. The molecule has 2 atom stereocenters. The molecule has 0 heterocycles. The van der Waals surface area contributed by atoms with Crippen molar-refractivity contribution >= 4 is 0 Å². The average Bonchev–Trinajstić information content (AvgIpc) is 2.88. The van der Waals surface area contributed by atoms with Crippen LogP contribution in [0.2, 0.25) is 0 Å². The van der Waals surface area contributed by atoms with E-state index < -0.39 is 0 Å². The zero-order valence-corrected chi connectivity index (χ0v) is 13.2. The van der Waals surface area contributed by atoms with Crippen molar-refractivity contribution in [2.24, 2.45) is 11.7 Å². The molecule has 112 valence electrons. The summed E-state index contributed by atoms with van der Waals surface area (Å²) in [6.45, 7) is 3.19. The van der Waals surface area contributed by atoms with E-state index in [1.165, 1.54) is 70.6 Å². The van der Waals surface area contributed by atoms with Crippen LogP contribution in [0.5, 0.6) is 0 Å². The largest absolute Gasteiger partial charge is 0.329 e. The van der Waals surface area contributed by atoms with Crippen molar-refractivity contribution in [1.82, 2.24) is 4.90 Å². The average molecular weight is 266 g/mol. The molecule has 0 spiro atoms. The Bertz CT molecular complexity index is 260. The van der Waals surface area contributed by atoms with Gasteiger partial charge in [0.25, 0.3) is 0 Å². The predicted molar refractivity (Wildman–Crippen MR) is 83.3 cm³/mol. The summed E-state index contributed by atoms with van der Waals surface area (Å²) in [5.41, 5.74) is 6.57. The highest BCUT2D eigenvalue weighted by Gasteiger charge is 2.39. The zero-order chi connectivity index (χ0) is 13.7. The summed E-state index contributed by atoms with van der Waals surface area (Å²) in [6, 6.07) is 0.811. The predicted octanol–water partition coefficient (Wildman–Crippen LogP) is 3.94. The molecule has 2 fully saturated rings. The van der Waals surface area contributed by atoms with Crippen LogP contribution in [0.25, 0.3) is 0 Å². The number of hydrogen-bond acceptors (Lipinski definition) is 2. The minimum atomic E-state index is 0.317. The maximum absolute atomic E-state index is 6.25. The fourth-order valence-corrected chi connectivity index (χ4v) is 4.54. The quantitative estimate of drug-likeness (QED) is 0.764. The Labute approximate surface area is 120 Å². The lowest BCUT2D eigenvalue weighted by molar-refractivity contribution is 0.0635. The van der Waals surface area contributed by atoms with E-state index in [-0.39, 0.29) is 0 Å². The van der Waals surface area contributed by atoms with E-state index in [0.29, 0.717) is 5.54 Å². The first-order valence-corrected chi connectivity index (χ1v) is 8.65. The number of nitrogens with zero attached hydrogens (tertiary/aromatic N) is 1. The molecule has 2 unspecified atom stereocenters. The van der Waals surface area contributed by atoms with Crippen LogP contribution in [0.3, 0.4) is 0 Å². The van der Waals surface area contributed by atoms with E-state index in [1.807, 2.05) is 0 Å². The van der Waals surface area contributed by atoms with Crippen molar-refractivity contribution in [3.05, 3.63) is 0 Å². The van der Waals surface area contributed by atoms with Gasteiger partial charge in [0.05, 0.1) is 0 Å². The van der Waals surface area contributed by atoms with Gasteiger partial charge < -0.3 is 5.73 Å². The lowest BCUT2D eigenvalue weighted by Gasteiger charge is -2.44. The van der Waals surface area contributed by atoms with Crippen molar-refractivity contribution in [3.8, 4) is 0 Å². The topological polar surface area (TPSA) is 29.3 Å². The lowest BCUT2D eigenvalue weighted by Crippen LogP contribution is -2.55.